The molecule has 1 nitrogen and oxygen atoms in total. The summed E-state index contributed by atoms with van der Waals surface area (Å²) in [5, 5.41) is 3.25. The molecule has 0 saturated heterocycles. The highest BCUT2D eigenvalue weighted by Gasteiger charge is 2.19. The zero-order valence-corrected chi connectivity index (χ0v) is 14.6. The smallest absolute Gasteiger partial charge is 0.148 e. The molecule has 0 saturated carbocycles. The van der Waals surface area contributed by atoms with Crippen molar-refractivity contribution in [3.63, 3.8) is 0 Å². The molecule has 0 radical (unpaired) electrons. The lowest BCUT2D eigenvalue weighted by Crippen LogP contribution is -2.19. The molecular formula is C14H11BrClFIN. The Balaban J connectivity index is 2.51. The lowest BCUT2D eigenvalue weighted by atomic mass is 9.98. The van der Waals surface area contributed by atoms with Crippen molar-refractivity contribution in [1.29, 1.82) is 0 Å². The molecule has 2 aromatic carbocycles. The van der Waals surface area contributed by atoms with E-state index in [0.717, 1.165) is 9.13 Å². The molecule has 100 valence electrons. The third-order valence-electron chi connectivity index (χ3n) is 2.85. The van der Waals surface area contributed by atoms with Crippen LogP contribution < -0.4 is 5.32 Å². The van der Waals surface area contributed by atoms with Gasteiger partial charge >= 0.3 is 0 Å². The second-order valence-corrected chi connectivity index (χ2v) is 6.52. The zero-order chi connectivity index (χ0) is 14.0. The maximum atomic E-state index is 14.3. The Labute approximate surface area is 138 Å². The maximum Gasteiger partial charge on any atom is 0.148 e. The molecule has 0 fully saturated rings. The van der Waals surface area contributed by atoms with Gasteiger partial charge in [0.15, 0.2) is 0 Å². The maximum absolute atomic E-state index is 14.3. The second-order valence-electron chi connectivity index (χ2n) is 4.04. The standard InChI is InChI=1S/C14H11BrClFIN/c1-19-14(8-3-2-4-9(18)7-8)10-5-6-11(15)12(16)13(10)17/h2-7,14,19H,1H3. The summed E-state index contributed by atoms with van der Waals surface area (Å²) in [6.07, 6.45) is 0. The molecule has 2 rings (SSSR count). The molecule has 0 aliphatic rings. The number of nitrogens with one attached hydrogen (secondary N) is 1. The number of benzene rings is 2. The summed E-state index contributed by atoms with van der Waals surface area (Å²) < 4.78 is 16.0. The fourth-order valence-corrected chi connectivity index (χ4v) is 3.00. The topological polar surface area (TPSA) is 12.0 Å². The van der Waals surface area contributed by atoms with Crippen LogP contribution in [0.5, 0.6) is 0 Å². The molecule has 0 amide bonds. The normalized spacial score (nSPS) is 12.5. The van der Waals surface area contributed by atoms with Crippen LogP contribution in [0.2, 0.25) is 5.02 Å². The lowest BCUT2D eigenvalue weighted by molar-refractivity contribution is 0.576. The van der Waals surface area contributed by atoms with Crippen LogP contribution in [0.15, 0.2) is 40.9 Å². The van der Waals surface area contributed by atoms with Crippen molar-refractivity contribution in [1.82, 2.24) is 5.32 Å². The van der Waals surface area contributed by atoms with Gasteiger partial charge in [-0.3, -0.25) is 0 Å². The monoisotopic (exact) mass is 453 g/mol. The van der Waals surface area contributed by atoms with Crippen molar-refractivity contribution >= 4 is 50.1 Å². The average Bonchev–Trinajstić information content (AvgIpc) is 2.40. The predicted octanol–water partition coefficient (Wildman–Crippen LogP) is 5.16. The quantitative estimate of drug-likeness (QED) is 0.499. The fraction of sp³-hybridized carbons (Fsp3) is 0.143. The van der Waals surface area contributed by atoms with Crippen LogP contribution in [0.1, 0.15) is 17.2 Å². The van der Waals surface area contributed by atoms with E-state index in [2.05, 4.69) is 43.8 Å². The summed E-state index contributed by atoms with van der Waals surface area (Å²) in [4.78, 5) is 0. The molecule has 0 spiro atoms. The van der Waals surface area contributed by atoms with Crippen molar-refractivity contribution in [3.05, 3.63) is 66.4 Å². The van der Waals surface area contributed by atoms with Gasteiger partial charge < -0.3 is 5.32 Å². The Morgan fingerprint density at radius 2 is 2.05 bits per heavy atom. The summed E-state index contributed by atoms with van der Waals surface area (Å²) in [5.74, 6) is -0.394. The third-order valence-corrected chi connectivity index (χ3v) is 4.78. The summed E-state index contributed by atoms with van der Waals surface area (Å²) in [5.41, 5.74) is 1.55. The molecule has 19 heavy (non-hydrogen) atoms. The first-order chi connectivity index (χ1) is 9.04. The molecule has 5 heteroatoms. The minimum absolute atomic E-state index is 0.114. The van der Waals surface area contributed by atoms with Crippen LogP contribution in [0, 0.1) is 9.39 Å². The Bertz CT molecular complexity index is 606. The van der Waals surface area contributed by atoms with Gasteiger partial charge in [-0.25, -0.2) is 4.39 Å². The van der Waals surface area contributed by atoms with E-state index in [0.29, 0.717) is 10.0 Å². The van der Waals surface area contributed by atoms with E-state index in [9.17, 15) is 4.39 Å². The highest BCUT2D eigenvalue weighted by atomic mass is 127. The van der Waals surface area contributed by atoms with Crippen molar-refractivity contribution in [2.45, 2.75) is 6.04 Å². The average molecular weight is 455 g/mol. The summed E-state index contributed by atoms with van der Waals surface area (Å²) >= 11 is 11.4. The largest absolute Gasteiger partial charge is 0.309 e. The molecule has 1 N–H and O–H groups in total. The Morgan fingerprint density at radius 1 is 1.32 bits per heavy atom. The van der Waals surface area contributed by atoms with Crippen LogP contribution in [0.3, 0.4) is 0 Å². The Hall–Kier alpha value is -0.170. The zero-order valence-electron chi connectivity index (χ0n) is 10.1. The molecule has 0 aliphatic heterocycles. The number of hydrogen-bond donors (Lipinski definition) is 1. The fourth-order valence-electron chi connectivity index (χ4n) is 1.95. The summed E-state index contributed by atoms with van der Waals surface area (Å²) in [6, 6.07) is 11.2. The van der Waals surface area contributed by atoms with E-state index >= 15 is 0 Å². The molecule has 0 aromatic heterocycles. The van der Waals surface area contributed by atoms with Gasteiger partial charge in [-0.15, -0.1) is 0 Å². The first-order valence-corrected chi connectivity index (χ1v) is 7.85. The van der Waals surface area contributed by atoms with E-state index in [1.165, 1.54) is 0 Å². The van der Waals surface area contributed by atoms with Gasteiger partial charge in [0.05, 0.1) is 11.1 Å². The molecule has 0 aliphatic carbocycles. The van der Waals surface area contributed by atoms with Gasteiger partial charge in [-0.2, -0.15) is 0 Å². The van der Waals surface area contributed by atoms with E-state index in [4.69, 9.17) is 11.6 Å². The summed E-state index contributed by atoms with van der Waals surface area (Å²) in [6.45, 7) is 0. The number of hydrogen-bond acceptors (Lipinski definition) is 1. The van der Waals surface area contributed by atoms with Crippen molar-refractivity contribution in [3.8, 4) is 0 Å². The van der Waals surface area contributed by atoms with Crippen molar-refractivity contribution in [2.75, 3.05) is 7.05 Å². The molecule has 2 aromatic rings. The van der Waals surface area contributed by atoms with E-state index in [1.807, 2.05) is 24.3 Å². The Morgan fingerprint density at radius 3 is 2.68 bits per heavy atom. The molecule has 1 atom stereocenters. The van der Waals surface area contributed by atoms with Crippen LogP contribution in [-0.2, 0) is 0 Å². The van der Waals surface area contributed by atoms with Gasteiger partial charge in [0.25, 0.3) is 0 Å². The SMILES string of the molecule is CNC(c1cccc(I)c1)c1ccc(Br)c(Cl)c1F. The van der Waals surface area contributed by atoms with Crippen molar-refractivity contribution in [2.24, 2.45) is 0 Å². The van der Waals surface area contributed by atoms with Gasteiger partial charge in [0.2, 0.25) is 0 Å². The van der Waals surface area contributed by atoms with E-state index in [-0.39, 0.29) is 11.1 Å². The third kappa shape index (κ3) is 3.29. The van der Waals surface area contributed by atoms with E-state index < -0.39 is 5.82 Å². The van der Waals surface area contributed by atoms with E-state index in [1.54, 1.807) is 19.2 Å². The lowest BCUT2D eigenvalue weighted by Gasteiger charge is -2.19. The highest BCUT2D eigenvalue weighted by molar-refractivity contribution is 14.1. The van der Waals surface area contributed by atoms with Crippen LogP contribution in [0.4, 0.5) is 4.39 Å². The van der Waals surface area contributed by atoms with Gasteiger partial charge in [0.1, 0.15) is 5.82 Å². The number of rotatable bonds is 3. The molecule has 1 unspecified atom stereocenters. The van der Waals surface area contributed by atoms with Crippen LogP contribution in [0.25, 0.3) is 0 Å². The minimum atomic E-state index is -0.394. The first kappa shape index (κ1) is 15.2. The highest BCUT2D eigenvalue weighted by Crippen LogP contribution is 2.33. The number of halogens is 4. The van der Waals surface area contributed by atoms with Crippen molar-refractivity contribution < 1.29 is 4.39 Å². The molecular weight excluding hydrogens is 443 g/mol. The van der Waals surface area contributed by atoms with Crippen LogP contribution >= 0.6 is 50.1 Å². The predicted molar refractivity (Wildman–Crippen MR) is 89.2 cm³/mol. The summed E-state index contributed by atoms with van der Waals surface area (Å²) in [7, 11) is 1.81. The molecule has 0 heterocycles. The molecule has 0 bridgehead atoms. The van der Waals surface area contributed by atoms with Crippen LogP contribution in [-0.4, -0.2) is 7.05 Å². The minimum Gasteiger partial charge on any atom is -0.309 e. The Kier molecular flexibility index (Phi) is 5.22. The van der Waals surface area contributed by atoms with Gasteiger partial charge in [-0.05, 0) is 69.3 Å². The first-order valence-electron chi connectivity index (χ1n) is 5.60. The van der Waals surface area contributed by atoms with Gasteiger partial charge in [0, 0.05) is 13.6 Å². The van der Waals surface area contributed by atoms with Gasteiger partial charge in [-0.1, -0.05) is 29.8 Å². The second kappa shape index (κ2) is 6.52.